The second kappa shape index (κ2) is 4.64. The average Bonchev–Trinajstić information content (AvgIpc) is 2.21. The summed E-state index contributed by atoms with van der Waals surface area (Å²) in [5.74, 6) is 0.768. The minimum absolute atomic E-state index is 0.481. The third-order valence-corrected chi connectivity index (χ3v) is 1.77. The molecule has 1 rings (SSSR count). The van der Waals surface area contributed by atoms with E-state index in [2.05, 4.69) is 11.5 Å². The fourth-order valence-electron chi connectivity index (χ4n) is 1.03. The summed E-state index contributed by atoms with van der Waals surface area (Å²) in [4.78, 5) is 4.20. The van der Waals surface area contributed by atoms with Crippen molar-refractivity contribution in [1.82, 2.24) is 0 Å². The van der Waals surface area contributed by atoms with Gasteiger partial charge < -0.3 is 4.74 Å². The molecule has 13 heavy (non-hydrogen) atoms. The van der Waals surface area contributed by atoms with E-state index >= 15 is 0 Å². The Hall–Kier alpha value is -1.32. The zero-order valence-corrected chi connectivity index (χ0v) is 7.43. The molecular weight excluding hydrogens is 168 g/mol. The zero-order chi connectivity index (χ0) is 9.68. The third-order valence-electron chi connectivity index (χ3n) is 1.77. The molecule has 1 unspecified atom stereocenters. The number of ether oxygens (including phenoxy) is 1. The third kappa shape index (κ3) is 2.31. The minimum atomic E-state index is -0.481. The maximum atomic E-state index is 8.50. The number of rotatable bonds is 4. The molecule has 1 aromatic rings. The molecule has 1 N–H and O–H groups in total. The van der Waals surface area contributed by atoms with Crippen LogP contribution < -0.4 is 4.74 Å². The van der Waals surface area contributed by atoms with Gasteiger partial charge in [0.2, 0.25) is 0 Å². The van der Waals surface area contributed by atoms with E-state index in [0.29, 0.717) is 0 Å². The number of hydrogen-bond donors (Lipinski definition) is 1. The van der Waals surface area contributed by atoms with Crippen LogP contribution >= 0.6 is 0 Å². The predicted molar refractivity (Wildman–Crippen MR) is 49.6 cm³/mol. The molecule has 3 nitrogen and oxygen atoms in total. The average molecular weight is 180 g/mol. The molecule has 1 aromatic carbocycles. The molecule has 0 aromatic heterocycles. The second-order valence-electron chi connectivity index (χ2n) is 2.53. The Kier molecular flexibility index (Phi) is 3.49. The van der Waals surface area contributed by atoms with Crippen molar-refractivity contribution in [1.29, 1.82) is 0 Å². The molecule has 0 bridgehead atoms. The highest BCUT2D eigenvalue weighted by atomic mass is 17.1. The van der Waals surface area contributed by atoms with Gasteiger partial charge in [0.15, 0.2) is 0 Å². The number of hydrogen-bond acceptors (Lipinski definition) is 3. The lowest BCUT2D eigenvalue weighted by Crippen LogP contribution is -1.97. The lowest BCUT2D eigenvalue weighted by atomic mass is 10.1. The van der Waals surface area contributed by atoms with Crippen molar-refractivity contribution in [3.63, 3.8) is 0 Å². The normalized spacial score (nSPS) is 12.2. The topological polar surface area (TPSA) is 38.7 Å². The molecule has 0 amide bonds. The van der Waals surface area contributed by atoms with Gasteiger partial charge in [-0.25, -0.2) is 4.89 Å². The van der Waals surface area contributed by atoms with Crippen LogP contribution in [0.15, 0.2) is 36.9 Å². The molecule has 3 heteroatoms. The quantitative estimate of drug-likeness (QED) is 0.439. The Bertz CT molecular complexity index is 266. The molecule has 0 saturated carbocycles. The van der Waals surface area contributed by atoms with Crippen molar-refractivity contribution in [2.45, 2.75) is 6.10 Å². The lowest BCUT2D eigenvalue weighted by Gasteiger charge is -2.08. The first-order chi connectivity index (χ1) is 6.31. The van der Waals surface area contributed by atoms with Crippen molar-refractivity contribution in [2.24, 2.45) is 0 Å². The minimum Gasteiger partial charge on any atom is -0.497 e. The van der Waals surface area contributed by atoms with Gasteiger partial charge in [-0.15, -0.1) is 6.58 Å². The molecule has 0 spiro atoms. The van der Waals surface area contributed by atoms with Crippen LogP contribution in [0.4, 0.5) is 0 Å². The summed E-state index contributed by atoms with van der Waals surface area (Å²) >= 11 is 0. The smallest absolute Gasteiger partial charge is 0.136 e. The van der Waals surface area contributed by atoms with Crippen LogP contribution in [0.3, 0.4) is 0 Å². The van der Waals surface area contributed by atoms with Gasteiger partial charge in [0.25, 0.3) is 0 Å². The molecule has 70 valence electrons. The fraction of sp³-hybridized carbons (Fsp3) is 0.200. The largest absolute Gasteiger partial charge is 0.497 e. The molecule has 0 radical (unpaired) electrons. The molecule has 0 fully saturated rings. The lowest BCUT2D eigenvalue weighted by molar-refractivity contribution is -0.268. The van der Waals surface area contributed by atoms with Crippen molar-refractivity contribution < 1.29 is 14.9 Å². The SMILES string of the molecule is C=CC(OO)c1ccc(OC)cc1. The zero-order valence-electron chi connectivity index (χ0n) is 7.43. The summed E-state index contributed by atoms with van der Waals surface area (Å²) in [6.45, 7) is 3.53. The second-order valence-corrected chi connectivity index (χ2v) is 2.53. The number of methoxy groups -OCH3 is 1. The standard InChI is InChI=1S/C10H12O3/c1-3-10(13-11)8-4-6-9(12-2)7-5-8/h3-7,10-11H,1H2,2H3. The van der Waals surface area contributed by atoms with E-state index in [1.54, 1.807) is 31.4 Å². The molecule has 0 aliphatic heterocycles. The predicted octanol–water partition coefficient (Wildman–Crippen LogP) is 2.41. The van der Waals surface area contributed by atoms with E-state index in [9.17, 15) is 0 Å². The molecule has 0 saturated heterocycles. The van der Waals surface area contributed by atoms with Gasteiger partial charge in [0, 0.05) is 0 Å². The molecule has 0 aliphatic carbocycles. The van der Waals surface area contributed by atoms with E-state index in [4.69, 9.17) is 9.99 Å². The van der Waals surface area contributed by atoms with Crippen molar-refractivity contribution in [2.75, 3.05) is 7.11 Å². The van der Waals surface area contributed by atoms with Crippen LogP contribution in [-0.2, 0) is 4.89 Å². The van der Waals surface area contributed by atoms with Gasteiger partial charge >= 0.3 is 0 Å². The van der Waals surface area contributed by atoms with E-state index in [1.807, 2.05) is 0 Å². The highest BCUT2D eigenvalue weighted by Gasteiger charge is 2.06. The van der Waals surface area contributed by atoms with E-state index < -0.39 is 6.10 Å². The first-order valence-corrected chi connectivity index (χ1v) is 3.88. The number of benzene rings is 1. The van der Waals surface area contributed by atoms with Crippen LogP contribution in [0.5, 0.6) is 5.75 Å². The maximum absolute atomic E-state index is 8.50. The Morgan fingerprint density at radius 3 is 2.38 bits per heavy atom. The molecular formula is C10H12O3. The van der Waals surface area contributed by atoms with E-state index in [-0.39, 0.29) is 0 Å². The van der Waals surface area contributed by atoms with Gasteiger partial charge in [-0.1, -0.05) is 18.2 Å². The summed E-state index contributed by atoms with van der Waals surface area (Å²) in [5.41, 5.74) is 0.832. The van der Waals surface area contributed by atoms with Crippen LogP contribution in [0.1, 0.15) is 11.7 Å². The van der Waals surface area contributed by atoms with Gasteiger partial charge in [0.1, 0.15) is 11.9 Å². The van der Waals surface area contributed by atoms with Crippen molar-refractivity contribution in [3.8, 4) is 5.75 Å². The van der Waals surface area contributed by atoms with Gasteiger partial charge in [-0.3, -0.25) is 5.26 Å². The Labute approximate surface area is 77.2 Å². The van der Waals surface area contributed by atoms with Crippen molar-refractivity contribution >= 4 is 0 Å². The van der Waals surface area contributed by atoms with Gasteiger partial charge in [0.05, 0.1) is 7.11 Å². The van der Waals surface area contributed by atoms with Gasteiger partial charge in [-0.05, 0) is 17.7 Å². The first kappa shape index (κ1) is 9.77. The van der Waals surface area contributed by atoms with Crippen LogP contribution in [0.2, 0.25) is 0 Å². The van der Waals surface area contributed by atoms with E-state index in [0.717, 1.165) is 11.3 Å². The molecule has 0 heterocycles. The Morgan fingerprint density at radius 2 is 2.00 bits per heavy atom. The highest BCUT2D eigenvalue weighted by molar-refractivity contribution is 5.29. The van der Waals surface area contributed by atoms with Crippen LogP contribution in [-0.4, -0.2) is 12.4 Å². The van der Waals surface area contributed by atoms with E-state index in [1.165, 1.54) is 6.08 Å². The van der Waals surface area contributed by atoms with Crippen LogP contribution in [0.25, 0.3) is 0 Å². The summed E-state index contributed by atoms with van der Waals surface area (Å²) in [7, 11) is 1.60. The van der Waals surface area contributed by atoms with Gasteiger partial charge in [-0.2, -0.15) is 0 Å². The fourth-order valence-corrected chi connectivity index (χ4v) is 1.03. The summed E-state index contributed by atoms with van der Waals surface area (Å²) < 4.78 is 4.99. The summed E-state index contributed by atoms with van der Waals surface area (Å²) in [6, 6.07) is 7.21. The first-order valence-electron chi connectivity index (χ1n) is 3.88. The van der Waals surface area contributed by atoms with Crippen molar-refractivity contribution in [3.05, 3.63) is 42.5 Å². The van der Waals surface area contributed by atoms with Crippen LogP contribution in [0, 0.1) is 0 Å². The Balaban J connectivity index is 2.83. The Morgan fingerprint density at radius 1 is 1.38 bits per heavy atom. The molecule has 1 atom stereocenters. The monoisotopic (exact) mass is 180 g/mol. The summed E-state index contributed by atoms with van der Waals surface area (Å²) in [6.07, 6.45) is 1.04. The molecule has 0 aliphatic rings. The maximum Gasteiger partial charge on any atom is 0.136 e. The highest BCUT2D eigenvalue weighted by Crippen LogP contribution is 2.20. The summed E-state index contributed by atoms with van der Waals surface area (Å²) in [5, 5.41) is 8.50.